The maximum atomic E-state index is 11.8. The highest BCUT2D eigenvalue weighted by Crippen LogP contribution is 2.10. The summed E-state index contributed by atoms with van der Waals surface area (Å²) in [5.74, 6) is 0.519. The second-order valence-corrected chi connectivity index (χ2v) is 6.50. The average molecular weight is 321 g/mol. The smallest absolute Gasteiger partial charge is 0.234 e. The van der Waals surface area contributed by atoms with Gasteiger partial charge in [0.25, 0.3) is 0 Å². The van der Waals surface area contributed by atoms with Gasteiger partial charge in [0.1, 0.15) is 0 Å². The normalized spacial score (nSPS) is 17.8. The summed E-state index contributed by atoms with van der Waals surface area (Å²) in [7, 11) is 0. The molecule has 1 aliphatic rings. The van der Waals surface area contributed by atoms with Crippen molar-refractivity contribution < 1.29 is 9.59 Å². The van der Waals surface area contributed by atoms with Crippen molar-refractivity contribution in [3.05, 3.63) is 29.8 Å². The van der Waals surface area contributed by atoms with Gasteiger partial charge in [-0.1, -0.05) is 17.7 Å². The van der Waals surface area contributed by atoms with Crippen LogP contribution in [0.5, 0.6) is 0 Å². The summed E-state index contributed by atoms with van der Waals surface area (Å²) in [4.78, 5) is 23.6. The Balaban J connectivity index is 1.61. The van der Waals surface area contributed by atoms with Crippen molar-refractivity contribution >= 4 is 29.3 Å². The van der Waals surface area contributed by atoms with Crippen LogP contribution in [0.4, 0.5) is 5.69 Å². The van der Waals surface area contributed by atoms with Crippen LogP contribution in [0.1, 0.15) is 18.4 Å². The molecule has 0 aliphatic carbocycles. The van der Waals surface area contributed by atoms with Gasteiger partial charge in [0, 0.05) is 18.3 Å². The highest BCUT2D eigenvalue weighted by Gasteiger charge is 2.15. The maximum absolute atomic E-state index is 11.8. The first kappa shape index (κ1) is 16.8. The van der Waals surface area contributed by atoms with Crippen molar-refractivity contribution in [3.8, 4) is 0 Å². The molecule has 6 heteroatoms. The minimum absolute atomic E-state index is 0.00170. The van der Waals surface area contributed by atoms with Crippen LogP contribution in [0.25, 0.3) is 0 Å². The third-order valence-corrected chi connectivity index (χ3v) is 4.40. The zero-order valence-electron chi connectivity index (χ0n) is 12.9. The molecule has 1 heterocycles. The Bertz CT molecular complexity index is 499. The zero-order valence-corrected chi connectivity index (χ0v) is 13.7. The fraction of sp³-hybridized carbons (Fsp3) is 0.500. The second-order valence-electron chi connectivity index (χ2n) is 5.52. The van der Waals surface area contributed by atoms with E-state index in [2.05, 4.69) is 16.0 Å². The number of amides is 2. The van der Waals surface area contributed by atoms with Gasteiger partial charge >= 0.3 is 0 Å². The number of hydrogen-bond donors (Lipinski definition) is 3. The Hall–Kier alpha value is -1.53. The molecule has 5 nitrogen and oxygen atoms in total. The van der Waals surface area contributed by atoms with E-state index in [0.717, 1.165) is 37.2 Å². The number of thioether (sulfide) groups is 1. The SMILES string of the molecule is Cc1ccc(NC(=O)CSCC(=O)N[C@H]2CCCNC2)cc1. The van der Waals surface area contributed by atoms with E-state index in [1.54, 1.807) is 0 Å². The molecule has 120 valence electrons. The van der Waals surface area contributed by atoms with Crippen LogP contribution in [0.2, 0.25) is 0 Å². The van der Waals surface area contributed by atoms with E-state index in [0.29, 0.717) is 5.75 Å². The number of carbonyl (C=O) groups excluding carboxylic acids is 2. The quantitative estimate of drug-likeness (QED) is 0.743. The van der Waals surface area contributed by atoms with Crippen molar-refractivity contribution in [2.75, 3.05) is 29.9 Å². The van der Waals surface area contributed by atoms with E-state index >= 15 is 0 Å². The van der Waals surface area contributed by atoms with Gasteiger partial charge in [-0.15, -0.1) is 11.8 Å². The predicted octanol–water partition coefficient (Wildman–Crippen LogP) is 1.53. The van der Waals surface area contributed by atoms with Crippen LogP contribution < -0.4 is 16.0 Å². The number of piperidine rings is 1. The minimum atomic E-state index is -0.0824. The molecular formula is C16H23N3O2S. The van der Waals surface area contributed by atoms with E-state index in [1.807, 2.05) is 31.2 Å². The van der Waals surface area contributed by atoms with E-state index < -0.39 is 0 Å². The van der Waals surface area contributed by atoms with Gasteiger partial charge in [0.2, 0.25) is 11.8 Å². The molecule has 1 aromatic rings. The Morgan fingerprint density at radius 2 is 1.95 bits per heavy atom. The number of anilines is 1. The summed E-state index contributed by atoms with van der Waals surface area (Å²) in [6.07, 6.45) is 2.12. The van der Waals surface area contributed by atoms with Gasteiger partial charge in [-0.05, 0) is 38.4 Å². The molecule has 1 atom stereocenters. The molecule has 0 radical (unpaired) electrons. The van der Waals surface area contributed by atoms with Crippen LogP contribution >= 0.6 is 11.8 Å². The molecule has 1 fully saturated rings. The molecule has 0 saturated carbocycles. The Morgan fingerprint density at radius 3 is 2.64 bits per heavy atom. The molecule has 2 rings (SSSR count). The largest absolute Gasteiger partial charge is 0.351 e. The summed E-state index contributed by atoms with van der Waals surface area (Å²) >= 11 is 1.34. The van der Waals surface area contributed by atoms with E-state index in [1.165, 1.54) is 11.8 Å². The number of carbonyl (C=O) groups is 2. The Kier molecular flexibility index (Phi) is 6.74. The third kappa shape index (κ3) is 6.07. The van der Waals surface area contributed by atoms with Crippen LogP contribution in [-0.2, 0) is 9.59 Å². The lowest BCUT2D eigenvalue weighted by Gasteiger charge is -2.23. The molecule has 1 saturated heterocycles. The number of hydrogen-bond acceptors (Lipinski definition) is 4. The topological polar surface area (TPSA) is 70.2 Å². The van der Waals surface area contributed by atoms with Crippen molar-refractivity contribution in [3.63, 3.8) is 0 Å². The number of aryl methyl sites for hydroxylation is 1. The highest BCUT2D eigenvalue weighted by molar-refractivity contribution is 8.00. The van der Waals surface area contributed by atoms with Crippen molar-refractivity contribution in [1.29, 1.82) is 0 Å². The number of benzene rings is 1. The van der Waals surface area contributed by atoms with Crippen LogP contribution in [-0.4, -0.2) is 42.5 Å². The van der Waals surface area contributed by atoms with Gasteiger partial charge in [-0.25, -0.2) is 0 Å². The van der Waals surface area contributed by atoms with E-state index in [9.17, 15) is 9.59 Å². The molecular weight excluding hydrogens is 298 g/mol. The first-order chi connectivity index (χ1) is 10.6. The number of nitrogens with one attached hydrogen (secondary N) is 3. The fourth-order valence-electron chi connectivity index (χ4n) is 2.31. The Morgan fingerprint density at radius 1 is 1.23 bits per heavy atom. The summed E-state index contributed by atoms with van der Waals surface area (Å²) < 4.78 is 0. The lowest BCUT2D eigenvalue weighted by molar-refractivity contribution is -0.119. The lowest BCUT2D eigenvalue weighted by atomic mass is 10.1. The summed E-state index contributed by atoms with van der Waals surface area (Å²) in [5, 5.41) is 9.08. The van der Waals surface area contributed by atoms with Gasteiger partial charge in [-0.3, -0.25) is 9.59 Å². The third-order valence-electron chi connectivity index (χ3n) is 3.46. The van der Waals surface area contributed by atoms with Gasteiger partial charge in [0.05, 0.1) is 11.5 Å². The van der Waals surface area contributed by atoms with Crippen molar-refractivity contribution in [1.82, 2.24) is 10.6 Å². The second kappa shape index (κ2) is 8.80. The van der Waals surface area contributed by atoms with Crippen molar-refractivity contribution in [2.24, 2.45) is 0 Å². The molecule has 0 bridgehead atoms. The highest BCUT2D eigenvalue weighted by atomic mass is 32.2. The molecule has 2 amide bonds. The molecule has 22 heavy (non-hydrogen) atoms. The molecule has 0 unspecified atom stereocenters. The molecule has 0 spiro atoms. The van der Waals surface area contributed by atoms with E-state index in [-0.39, 0.29) is 23.6 Å². The average Bonchev–Trinajstić information content (AvgIpc) is 2.50. The molecule has 3 N–H and O–H groups in total. The van der Waals surface area contributed by atoms with Gasteiger partial charge < -0.3 is 16.0 Å². The van der Waals surface area contributed by atoms with Gasteiger partial charge in [0.15, 0.2) is 0 Å². The van der Waals surface area contributed by atoms with Crippen LogP contribution in [0.15, 0.2) is 24.3 Å². The summed E-state index contributed by atoms with van der Waals surface area (Å²) in [5.41, 5.74) is 1.94. The molecule has 1 aromatic carbocycles. The van der Waals surface area contributed by atoms with Crippen LogP contribution in [0.3, 0.4) is 0 Å². The first-order valence-corrected chi connectivity index (χ1v) is 8.73. The summed E-state index contributed by atoms with van der Waals surface area (Å²) in [6, 6.07) is 7.88. The van der Waals surface area contributed by atoms with Gasteiger partial charge in [-0.2, -0.15) is 0 Å². The fourth-order valence-corrected chi connectivity index (χ4v) is 2.94. The predicted molar refractivity (Wildman–Crippen MR) is 91.2 cm³/mol. The van der Waals surface area contributed by atoms with Crippen LogP contribution in [0, 0.1) is 6.92 Å². The first-order valence-electron chi connectivity index (χ1n) is 7.58. The van der Waals surface area contributed by atoms with E-state index in [4.69, 9.17) is 0 Å². The summed E-state index contributed by atoms with van der Waals surface area (Å²) in [6.45, 7) is 3.87. The minimum Gasteiger partial charge on any atom is -0.351 e. The zero-order chi connectivity index (χ0) is 15.8. The number of rotatable bonds is 6. The maximum Gasteiger partial charge on any atom is 0.234 e. The lowest BCUT2D eigenvalue weighted by Crippen LogP contribution is -2.46. The monoisotopic (exact) mass is 321 g/mol. The molecule has 1 aliphatic heterocycles. The Labute approximate surface area is 135 Å². The standard InChI is InChI=1S/C16H23N3O2S/c1-12-4-6-13(7-5-12)18-15(20)10-22-11-16(21)19-14-3-2-8-17-9-14/h4-7,14,17H,2-3,8-11H2,1H3,(H,18,20)(H,19,21)/t14-/m0/s1. The molecule has 0 aromatic heterocycles. The van der Waals surface area contributed by atoms with Crippen molar-refractivity contribution in [2.45, 2.75) is 25.8 Å².